The van der Waals surface area contributed by atoms with E-state index >= 15 is 0 Å². The lowest BCUT2D eigenvalue weighted by molar-refractivity contribution is -0.152. The van der Waals surface area contributed by atoms with E-state index in [1.807, 2.05) is 12.1 Å². The molecule has 0 radical (unpaired) electrons. The van der Waals surface area contributed by atoms with Crippen LogP contribution in [0.15, 0.2) is 30.7 Å². The van der Waals surface area contributed by atoms with Crippen LogP contribution in [0.1, 0.15) is 31.3 Å². The van der Waals surface area contributed by atoms with Crippen molar-refractivity contribution in [1.82, 2.24) is 9.97 Å². The van der Waals surface area contributed by atoms with Crippen LogP contribution >= 0.6 is 0 Å². The molecule has 3 heterocycles. The van der Waals surface area contributed by atoms with Gasteiger partial charge in [-0.3, -0.25) is 19.6 Å². The van der Waals surface area contributed by atoms with E-state index in [2.05, 4.69) is 25.9 Å². The highest BCUT2D eigenvalue weighted by atomic mass is 16.5. The SMILES string of the molecule is CCOC(=O)C1(C)C(=O)Nc2cc3c(cc21)NC(c1cnccn1)N3. The number of amides is 1. The van der Waals surface area contributed by atoms with Crippen LogP contribution in [-0.2, 0) is 19.7 Å². The molecule has 3 N–H and O–H groups in total. The summed E-state index contributed by atoms with van der Waals surface area (Å²) >= 11 is 0. The Bertz CT molecular complexity index is 870. The molecular formula is C17H17N5O3. The van der Waals surface area contributed by atoms with Crippen molar-refractivity contribution >= 4 is 28.9 Å². The van der Waals surface area contributed by atoms with Crippen LogP contribution in [0.5, 0.6) is 0 Å². The lowest BCUT2D eigenvalue weighted by atomic mass is 9.83. The van der Waals surface area contributed by atoms with Gasteiger partial charge in [-0.1, -0.05) is 0 Å². The number of anilines is 3. The molecule has 2 aliphatic heterocycles. The minimum atomic E-state index is -1.35. The summed E-state index contributed by atoms with van der Waals surface area (Å²) in [6.07, 6.45) is 4.69. The Morgan fingerprint density at radius 1 is 1.24 bits per heavy atom. The summed E-state index contributed by atoms with van der Waals surface area (Å²) in [5, 5.41) is 9.37. The zero-order valence-corrected chi connectivity index (χ0v) is 13.8. The maximum atomic E-state index is 12.4. The Morgan fingerprint density at radius 3 is 2.68 bits per heavy atom. The molecule has 2 atom stereocenters. The highest BCUT2D eigenvalue weighted by molar-refractivity contribution is 6.19. The number of carbonyl (C=O) groups is 2. The van der Waals surface area contributed by atoms with E-state index in [0.717, 1.165) is 17.1 Å². The fraction of sp³-hybridized carbons (Fsp3) is 0.294. The Hall–Kier alpha value is -3.16. The van der Waals surface area contributed by atoms with Crippen molar-refractivity contribution in [3.63, 3.8) is 0 Å². The van der Waals surface area contributed by atoms with Crippen molar-refractivity contribution in [2.45, 2.75) is 25.4 Å². The summed E-state index contributed by atoms with van der Waals surface area (Å²) in [4.78, 5) is 33.2. The molecule has 8 heteroatoms. The minimum Gasteiger partial charge on any atom is -0.465 e. The number of aromatic nitrogens is 2. The molecule has 0 bridgehead atoms. The van der Waals surface area contributed by atoms with Crippen LogP contribution in [0.25, 0.3) is 0 Å². The van der Waals surface area contributed by atoms with Gasteiger partial charge in [0.1, 0.15) is 11.9 Å². The quantitative estimate of drug-likeness (QED) is 0.578. The number of nitrogens with zero attached hydrogens (tertiary/aromatic N) is 2. The lowest BCUT2D eigenvalue weighted by Crippen LogP contribution is -2.40. The number of benzene rings is 1. The largest absolute Gasteiger partial charge is 0.465 e. The molecule has 1 aromatic carbocycles. The third-order valence-electron chi connectivity index (χ3n) is 4.56. The molecule has 4 rings (SSSR count). The molecule has 8 nitrogen and oxygen atoms in total. The van der Waals surface area contributed by atoms with Gasteiger partial charge >= 0.3 is 5.97 Å². The van der Waals surface area contributed by atoms with Gasteiger partial charge in [-0.25, -0.2) is 0 Å². The van der Waals surface area contributed by atoms with Crippen molar-refractivity contribution in [2.24, 2.45) is 0 Å². The molecule has 1 amide bonds. The highest BCUT2D eigenvalue weighted by Gasteiger charge is 2.51. The molecule has 25 heavy (non-hydrogen) atoms. The monoisotopic (exact) mass is 339 g/mol. The lowest BCUT2D eigenvalue weighted by Gasteiger charge is -2.20. The molecular weight excluding hydrogens is 322 g/mol. The predicted octanol–water partition coefficient (Wildman–Crippen LogP) is 1.79. The first-order valence-electron chi connectivity index (χ1n) is 8.00. The zero-order valence-electron chi connectivity index (χ0n) is 13.8. The molecule has 2 aliphatic rings. The van der Waals surface area contributed by atoms with Crippen LogP contribution in [0.2, 0.25) is 0 Å². The summed E-state index contributed by atoms with van der Waals surface area (Å²) in [5.74, 6) is -0.933. The third-order valence-corrected chi connectivity index (χ3v) is 4.56. The first-order chi connectivity index (χ1) is 12.0. The van der Waals surface area contributed by atoms with Crippen molar-refractivity contribution in [3.05, 3.63) is 42.0 Å². The van der Waals surface area contributed by atoms with Gasteiger partial charge in [0.05, 0.1) is 24.2 Å². The molecule has 2 unspecified atom stereocenters. The Labute approximate surface area is 144 Å². The van der Waals surface area contributed by atoms with E-state index in [-0.39, 0.29) is 18.7 Å². The smallest absolute Gasteiger partial charge is 0.326 e. The third kappa shape index (κ3) is 2.21. The molecule has 0 saturated carbocycles. The number of nitrogens with one attached hydrogen (secondary N) is 3. The molecule has 1 aromatic heterocycles. The first-order valence-corrected chi connectivity index (χ1v) is 8.00. The second-order valence-electron chi connectivity index (χ2n) is 6.09. The summed E-state index contributed by atoms with van der Waals surface area (Å²) < 4.78 is 5.11. The second-order valence-corrected chi connectivity index (χ2v) is 6.09. The summed E-state index contributed by atoms with van der Waals surface area (Å²) in [6, 6.07) is 3.62. The Morgan fingerprint density at radius 2 is 2.00 bits per heavy atom. The number of carbonyl (C=O) groups excluding carboxylic acids is 2. The number of hydrogen-bond donors (Lipinski definition) is 3. The van der Waals surface area contributed by atoms with Gasteiger partial charge in [0.15, 0.2) is 5.41 Å². The van der Waals surface area contributed by atoms with Crippen LogP contribution in [0.3, 0.4) is 0 Å². The number of esters is 1. The highest BCUT2D eigenvalue weighted by Crippen LogP contribution is 2.46. The number of rotatable bonds is 3. The molecule has 0 saturated heterocycles. The molecule has 0 fully saturated rings. The van der Waals surface area contributed by atoms with Gasteiger partial charge in [0, 0.05) is 23.6 Å². The molecule has 128 valence electrons. The average Bonchev–Trinajstić information content (AvgIpc) is 3.14. The summed E-state index contributed by atoms with van der Waals surface area (Å²) in [6.45, 7) is 3.52. The van der Waals surface area contributed by atoms with E-state index in [1.165, 1.54) is 0 Å². The first kappa shape index (κ1) is 15.4. The summed E-state index contributed by atoms with van der Waals surface area (Å²) in [5.41, 5.74) is 2.21. The van der Waals surface area contributed by atoms with Gasteiger partial charge in [-0.15, -0.1) is 0 Å². The molecule has 0 spiro atoms. The van der Waals surface area contributed by atoms with Crippen molar-refractivity contribution in [1.29, 1.82) is 0 Å². The van der Waals surface area contributed by atoms with Crippen LogP contribution in [-0.4, -0.2) is 28.5 Å². The Balaban J connectivity index is 1.71. The topological polar surface area (TPSA) is 105 Å². The average molecular weight is 339 g/mol. The zero-order chi connectivity index (χ0) is 17.6. The van der Waals surface area contributed by atoms with E-state index < -0.39 is 11.4 Å². The van der Waals surface area contributed by atoms with Gasteiger partial charge in [-0.2, -0.15) is 0 Å². The van der Waals surface area contributed by atoms with Crippen molar-refractivity contribution in [2.75, 3.05) is 22.6 Å². The fourth-order valence-electron chi connectivity index (χ4n) is 3.16. The molecule has 0 aliphatic carbocycles. The maximum Gasteiger partial charge on any atom is 0.326 e. The standard InChI is InChI=1S/C17H17N5O3/c1-3-25-16(24)17(2)9-6-11-12(7-10(9)22-15(17)23)21-14(20-11)13-8-18-4-5-19-13/h4-8,14,20-21H,3H2,1-2H3,(H,22,23). The normalized spacial score (nSPS) is 23.1. The van der Waals surface area contributed by atoms with Crippen molar-refractivity contribution < 1.29 is 14.3 Å². The van der Waals surface area contributed by atoms with Gasteiger partial charge in [-0.05, 0) is 26.0 Å². The van der Waals surface area contributed by atoms with E-state index in [9.17, 15) is 9.59 Å². The summed E-state index contributed by atoms with van der Waals surface area (Å²) in [7, 11) is 0. The van der Waals surface area contributed by atoms with Gasteiger partial charge in [0.2, 0.25) is 5.91 Å². The minimum absolute atomic E-state index is 0.219. The maximum absolute atomic E-state index is 12.4. The van der Waals surface area contributed by atoms with Gasteiger partial charge < -0.3 is 20.7 Å². The number of fused-ring (bicyclic) bond motifs is 2. The molecule has 2 aromatic rings. The van der Waals surface area contributed by atoms with Crippen LogP contribution in [0.4, 0.5) is 17.1 Å². The number of ether oxygens (including phenoxy) is 1. The van der Waals surface area contributed by atoms with Gasteiger partial charge in [0.25, 0.3) is 0 Å². The van der Waals surface area contributed by atoms with Crippen molar-refractivity contribution in [3.8, 4) is 0 Å². The number of hydrogen-bond acceptors (Lipinski definition) is 7. The van der Waals surface area contributed by atoms with E-state index in [1.54, 1.807) is 32.4 Å². The predicted molar refractivity (Wildman–Crippen MR) is 91.1 cm³/mol. The fourth-order valence-corrected chi connectivity index (χ4v) is 3.16. The second kappa shape index (κ2) is 5.44. The van der Waals surface area contributed by atoms with E-state index in [4.69, 9.17) is 4.74 Å². The van der Waals surface area contributed by atoms with E-state index in [0.29, 0.717) is 11.3 Å². The van der Waals surface area contributed by atoms with Crippen LogP contribution in [0, 0.1) is 0 Å². The van der Waals surface area contributed by atoms with Crippen LogP contribution < -0.4 is 16.0 Å². The Kier molecular flexibility index (Phi) is 3.34.